The molecule has 0 atom stereocenters. The van der Waals surface area contributed by atoms with E-state index >= 15 is 0 Å². The molecule has 0 aliphatic carbocycles. The summed E-state index contributed by atoms with van der Waals surface area (Å²) < 4.78 is 2.11. The van der Waals surface area contributed by atoms with Gasteiger partial charge in [-0.3, -0.25) is 9.59 Å². The number of hydrogen-bond donors (Lipinski definition) is 3. The summed E-state index contributed by atoms with van der Waals surface area (Å²) >= 11 is 0. The maximum Gasteiger partial charge on any atom is 0.303 e. The number of aryl methyl sites for hydroxylation is 2. The Bertz CT molecular complexity index is 1160. The zero-order valence-corrected chi connectivity index (χ0v) is 17.4. The lowest BCUT2D eigenvalue weighted by Gasteiger charge is -2.09. The lowest BCUT2D eigenvalue weighted by molar-refractivity contribution is -0.138. The summed E-state index contributed by atoms with van der Waals surface area (Å²) in [5, 5.41) is 28.5. The van der Waals surface area contributed by atoms with Crippen LogP contribution in [0.2, 0.25) is 0 Å². The molecule has 6 heteroatoms. The van der Waals surface area contributed by atoms with Gasteiger partial charge >= 0.3 is 11.9 Å². The highest BCUT2D eigenvalue weighted by Crippen LogP contribution is 2.30. The molecular formula is C25H25NO5. The number of phenolic OH excluding ortho intramolecular Hbond substituents is 1. The van der Waals surface area contributed by atoms with Crippen molar-refractivity contribution < 1.29 is 24.9 Å². The van der Waals surface area contributed by atoms with Crippen LogP contribution in [0.3, 0.4) is 0 Å². The maximum absolute atomic E-state index is 11.0. The van der Waals surface area contributed by atoms with Crippen molar-refractivity contribution in [2.45, 2.75) is 45.6 Å². The van der Waals surface area contributed by atoms with Crippen LogP contribution in [0.25, 0.3) is 10.9 Å². The maximum atomic E-state index is 11.0. The van der Waals surface area contributed by atoms with Gasteiger partial charge in [-0.15, -0.1) is 0 Å². The van der Waals surface area contributed by atoms with Gasteiger partial charge in [0.05, 0.1) is 5.52 Å². The summed E-state index contributed by atoms with van der Waals surface area (Å²) in [6.07, 6.45) is 1.85. The summed E-state index contributed by atoms with van der Waals surface area (Å²) in [5.41, 5.74) is 4.65. The van der Waals surface area contributed by atoms with E-state index in [1.165, 1.54) is 0 Å². The van der Waals surface area contributed by atoms with Crippen molar-refractivity contribution in [2.75, 3.05) is 0 Å². The highest BCUT2D eigenvalue weighted by molar-refractivity contribution is 5.90. The summed E-state index contributed by atoms with van der Waals surface area (Å²) in [7, 11) is 0. The number of para-hydroxylation sites is 1. The second-order valence-electron chi connectivity index (χ2n) is 7.46. The van der Waals surface area contributed by atoms with Gasteiger partial charge in [-0.25, -0.2) is 0 Å². The molecule has 0 saturated carbocycles. The number of aliphatic carboxylic acids is 2. The van der Waals surface area contributed by atoms with E-state index < -0.39 is 11.9 Å². The Balaban J connectivity index is 2.04. The van der Waals surface area contributed by atoms with Crippen LogP contribution in [-0.4, -0.2) is 31.8 Å². The predicted molar refractivity (Wildman–Crippen MR) is 118 cm³/mol. The molecule has 3 aromatic rings. The molecule has 3 N–H and O–H groups in total. The number of fused-ring (bicyclic) bond motifs is 1. The van der Waals surface area contributed by atoms with E-state index in [-0.39, 0.29) is 18.6 Å². The highest BCUT2D eigenvalue weighted by atomic mass is 16.4. The third-order valence-electron chi connectivity index (χ3n) is 5.27. The van der Waals surface area contributed by atoms with Gasteiger partial charge in [0, 0.05) is 41.6 Å². The molecule has 2 aromatic carbocycles. The number of hydrogen-bond acceptors (Lipinski definition) is 3. The minimum Gasteiger partial charge on any atom is -0.508 e. The average molecular weight is 419 g/mol. The van der Waals surface area contributed by atoms with Crippen molar-refractivity contribution >= 4 is 22.8 Å². The molecule has 0 amide bonds. The first-order valence-electron chi connectivity index (χ1n) is 10.2. The second-order valence-corrected chi connectivity index (χ2v) is 7.46. The van der Waals surface area contributed by atoms with Crippen LogP contribution in [-0.2, 0) is 22.6 Å². The number of benzene rings is 2. The largest absolute Gasteiger partial charge is 0.508 e. The number of phenols is 1. The van der Waals surface area contributed by atoms with Crippen LogP contribution in [0.4, 0.5) is 0 Å². The Kier molecular flexibility index (Phi) is 6.99. The van der Waals surface area contributed by atoms with Crippen LogP contribution in [0.1, 0.15) is 48.1 Å². The number of nitrogens with zero attached hydrogens (tertiary/aromatic N) is 1. The average Bonchev–Trinajstić information content (AvgIpc) is 2.99. The van der Waals surface area contributed by atoms with Gasteiger partial charge in [-0.05, 0) is 62.1 Å². The van der Waals surface area contributed by atoms with Gasteiger partial charge in [0.25, 0.3) is 0 Å². The second kappa shape index (κ2) is 9.86. The smallest absolute Gasteiger partial charge is 0.303 e. The first kappa shape index (κ1) is 22.0. The number of aromatic hydroxyl groups is 1. The fourth-order valence-electron chi connectivity index (χ4n) is 3.79. The molecule has 160 valence electrons. The normalized spacial score (nSPS) is 10.6. The molecule has 0 spiro atoms. The minimum atomic E-state index is -0.830. The van der Waals surface area contributed by atoms with Crippen LogP contribution in [0, 0.1) is 18.8 Å². The number of carbonyl (C=O) groups is 2. The molecule has 0 fully saturated rings. The zero-order chi connectivity index (χ0) is 22.4. The lowest BCUT2D eigenvalue weighted by Crippen LogP contribution is -2.05. The van der Waals surface area contributed by atoms with Crippen LogP contribution in [0.15, 0.2) is 42.5 Å². The SMILES string of the molecule is Cc1c(CCCC(=O)O)c2cccc(C#Cc3ccc(O)cc3)c2n1CCCC(=O)O. The van der Waals surface area contributed by atoms with E-state index in [1.54, 1.807) is 24.3 Å². The Morgan fingerprint density at radius 3 is 2.29 bits per heavy atom. The quantitative estimate of drug-likeness (QED) is 0.472. The molecule has 1 aromatic heterocycles. The van der Waals surface area contributed by atoms with Crippen molar-refractivity contribution in [1.82, 2.24) is 4.57 Å². The molecule has 0 unspecified atom stereocenters. The zero-order valence-electron chi connectivity index (χ0n) is 17.4. The summed E-state index contributed by atoms with van der Waals surface area (Å²) in [6, 6.07) is 12.5. The van der Waals surface area contributed by atoms with E-state index in [4.69, 9.17) is 10.2 Å². The van der Waals surface area contributed by atoms with E-state index in [0.717, 1.165) is 33.3 Å². The molecule has 3 rings (SSSR count). The first-order chi connectivity index (χ1) is 14.9. The van der Waals surface area contributed by atoms with E-state index in [2.05, 4.69) is 16.4 Å². The van der Waals surface area contributed by atoms with Crippen LogP contribution >= 0.6 is 0 Å². The number of aromatic nitrogens is 1. The number of rotatable bonds is 8. The van der Waals surface area contributed by atoms with Crippen molar-refractivity contribution in [3.8, 4) is 17.6 Å². The topological polar surface area (TPSA) is 99.8 Å². The van der Waals surface area contributed by atoms with Crippen molar-refractivity contribution in [1.29, 1.82) is 0 Å². The van der Waals surface area contributed by atoms with Gasteiger partial charge in [0.2, 0.25) is 0 Å². The standard InChI is InChI=1S/C25H25NO5/c1-17-21(6-3-8-23(28)29)22-7-2-5-19(13-10-18-11-14-20(27)15-12-18)25(22)26(17)16-4-9-24(30)31/h2,5,7,11-12,14-15,27H,3-4,6,8-9,16H2,1H3,(H,28,29)(H,30,31). The van der Waals surface area contributed by atoms with Crippen molar-refractivity contribution in [2.24, 2.45) is 0 Å². The third kappa shape index (κ3) is 5.46. The van der Waals surface area contributed by atoms with Gasteiger partial charge in [0.1, 0.15) is 5.75 Å². The number of carboxylic acids is 2. The van der Waals surface area contributed by atoms with Gasteiger partial charge in [-0.1, -0.05) is 24.0 Å². The molecule has 0 bridgehead atoms. The predicted octanol–water partition coefficient (Wildman–Crippen LogP) is 4.33. The summed E-state index contributed by atoms with van der Waals surface area (Å²) in [4.78, 5) is 21.9. The lowest BCUT2D eigenvalue weighted by atomic mass is 10.0. The number of carboxylic acid groups (broad SMARTS) is 2. The summed E-state index contributed by atoms with van der Waals surface area (Å²) in [6.45, 7) is 2.54. The van der Waals surface area contributed by atoms with E-state index in [0.29, 0.717) is 25.8 Å². The first-order valence-corrected chi connectivity index (χ1v) is 10.2. The molecule has 0 radical (unpaired) electrons. The molecule has 6 nitrogen and oxygen atoms in total. The Morgan fingerprint density at radius 1 is 0.935 bits per heavy atom. The van der Waals surface area contributed by atoms with Crippen LogP contribution < -0.4 is 0 Å². The Labute approximate surface area is 180 Å². The van der Waals surface area contributed by atoms with Crippen molar-refractivity contribution in [3.63, 3.8) is 0 Å². The van der Waals surface area contributed by atoms with Crippen LogP contribution in [0.5, 0.6) is 5.75 Å². The molecule has 0 saturated heterocycles. The minimum absolute atomic E-state index is 0.0782. The summed E-state index contributed by atoms with van der Waals surface area (Å²) in [5.74, 6) is 4.87. The Morgan fingerprint density at radius 2 is 1.61 bits per heavy atom. The fraction of sp³-hybridized carbons (Fsp3) is 0.280. The van der Waals surface area contributed by atoms with Crippen molar-refractivity contribution in [3.05, 3.63) is 64.8 Å². The van der Waals surface area contributed by atoms with Gasteiger partial charge < -0.3 is 19.9 Å². The van der Waals surface area contributed by atoms with E-state index in [1.807, 2.05) is 25.1 Å². The molecule has 31 heavy (non-hydrogen) atoms. The molecular weight excluding hydrogens is 394 g/mol. The molecule has 0 aliphatic rings. The van der Waals surface area contributed by atoms with Gasteiger partial charge in [-0.2, -0.15) is 0 Å². The molecule has 0 aliphatic heterocycles. The Hall–Kier alpha value is -3.72. The van der Waals surface area contributed by atoms with E-state index in [9.17, 15) is 14.7 Å². The van der Waals surface area contributed by atoms with Gasteiger partial charge in [0.15, 0.2) is 0 Å². The fourth-order valence-corrected chi connectivity index (χ4v) is 3.79. The molecule has 1 heterocycles. The third-order valence-corrected chi connectivity index (χ3v) is 5.27. The monoisotopic (exact) mass is 419 g/mol. The highest BCUT2D eigenvalue weighted by Gasteiger charge is 2.16.